The van der Waals surface area contributed by atoms with Gasteiger partial charge in [0.05, 0.1) is 23.4 Å². The number of aromatic nitrogens is 1. The van der Waals surface area contributed by atoms with E-state index in [1.807, 2.05) is 51.1 Å². The van der Waals surface area contributed by atoms with E-state index in [1.165, 1.54) is 12.1 Å². The van der Waals surface area contributed by atoms with Gasteiger partial charge in [-0.1, -0.05) is 68.2 Å². The number of aliphatic hydroxyl groups excluding tert-OH is 1. The summed E-state index contributed by atoms with van der Waals surface area (Å²) in [6, 6.07) is 16.0. The maximum absolute atomic E-state index is 13.7. The Morgan fingerprint density at radius 3 is 2.39 bits per heavy atom. The molecule has 6 nitrogen and oxygen atoms in total. The second-order valence-electron chi connectivity index (χ2n) is 8.59. The summed E-state index contributed by atoms with van der Waals surface area (Å²) < 4.78 is 31.0. The zero-order valence-corrected chi connectivity index (χ0v) is 21.3. The standard InChI is InChI=1S/C28H27FNO5P/c1-18(2)27-24(10-7-15-35-36(34)17-23(31)16-25(32)33)26(20-11-13-22(29)14-12-20)19(3)28(30-27)21-8-5-4-6-9-21/h4-6,8-9,11-14,18,23,31H,15-17H2,1-3H3/p+1. The lowest BCUT2D eigenvalue weighted by Crippen LogP contribution is -2.15. The van der Waals surface area contributed by atoms with Crippen LogP contribution in [0.4, 0.5) is 4.39 Å². The molecule has 0 aliphatic carbocycles. The van der Waals surface area contributed by atoms with E-state index in [4.69, 9.17) is 14.6 Å². The van der Waals surface area contributed by atoms with E-state index in [0.29, 0.717) is 5.56 Å². The van der Waals surface area contributed by atoms with Gasteiger partial charge in [0.25, 0.3) is 0 Å². The predicted octanol–water partition coefficient (Wildman–Crippen LogP) is 5.93. The number of aliphatic hydroxyl groups is 1. The van der Waals surface area contributed by atoms with Crippen LogP contribution >= 0.6 is 8.03 Å². The first-order valence-electron chi connectivity index (χ1n) is 11.5. The Bertz CT molecular complexity index is 1300. The third-order valence-electron chi connectivity index (χ3n) is 5.46. The van der Waals surface area contributed by atoms with Gasteiger partial charge in [0, 0.05) is 11.1 Å². The molecular weight excluding hydrogens is 480 g/mol. The van der Waals surface area contributed by atoms with Gasteiger partial charge in [0.2, 0.25) is 6.16 Å². The molecule has 0 spiro atoms. The highest BCUT2D eigenvalue weighted by atomic mass is 31.1. The van der Waals surface area contributed by atoms with Crippen molar-refractivity contribution in [1.29, 1.82) is 0 Å². The van der Waals surface area contributed by atoms with E-state index in [2.05, 4.69) is 11.8 Å². The zero-order chi connectivity index (χ0) is 26.2. The van der Waals surface area contributed by atoms with Gasteiger partial charge < -0.3 is 10.2 Å². The van der Waals surface area contributed by atoms with Gasteiger partial charge >= 0.3 is 14.0 Å². The Balaban J connectivity index is 2.02. The lowest BCUT2D eigenvalue weighted by atomic mass is 9.88. The molecule has 0 radical (unpaired) electrons. The van der Waals surface area contributed by atoms with Crippen LogP contribution in [0.3, 0.4) is 0 Å². The largest absolute Gasteiger partial charge is 0.511 e. The van der Waals surface area contributed by atoms with Gasteiger partial charge in [0.15, 0.2) is 6.61 Å². The second-order valence-corrected chi connectivity index (χ2v) is 9.88. The number of hydrogen-bond acceptors (Lipinski definition) is 5. The highest BCUT2D eigenvalue weighted by molar-refractivity contribution is 7.39. The lowest BCUT2D eigenvalue weighted by molar-refractivity contribution is -0.138. The number of halogens is 1. The molecular formula is C28H28FNO5P+. The highest BCUT2D eigenvalue weighted by Crippen LogP contribution is 2.37. The van der Waals surface area contributed by atoms with Crippen molar-refractivity contribution in [3.8, 4) is 34.2 Å². The van der Waals surface area contributed by atoms with Crippen molar-refractivity contribution in [2.45, 2.75) is 39.2 Å². The minimum atomic E-state index is -2.27. The van der Waals surface area contributed by atoms with Crippen molar-refractivity contribution in [2.24, 2.45) is 0 Å². The van der Waals surface area contributed by atoms with Crippen molar-refractivity contribution >= 4 is 14.0 Å². The number of hydrogen-bond donors (Lipinski definition) is 2. The Morgan fingerprint density at radius 2 is 1.78 bits per heavy atom. The maximum atomic E-state index is 13.7. The van der Waals surface area contributed by atoms with Gasteiger partial charge in [0.1, 0.15) is 11.9 Å². The number of pyridine rings is 1. The van der Waals surface area contributed by atoms with Crippen LogP contribution in [0.5, 0.6) is 0 Å². The highest BCUT2D eigenvalue weighted by Gasteiger charge is 2.25. The number of rotatable bonds is 9. The summed E-state index contributed by atoms with van der Waals surface area (Å²) in [4.78, 5) is 15.6. The molecule has 3 rings (SSSR count). The third kappa shape index (κ3) is 7.05. The number of benzene rings is 2. The Kier molecular flexibility index (Phi) is 9.44. The van der Waals surface area contributed by atoms with Crippen LogP contribution in [0.15, 0.2) is 54.6 Å². The Labute approximate surface area is 211 Å². The summed E-state index contributed by atoms with van der Waals surface area (Å²) in [6.07, 6.45) is -2.05. The van der Waals surface area contributed by atoms with Gasteiger partial charge in [-0.05, 0) is 40.7 Å². The van der Waals surface area contributed by atoms with Crippen LogP contribution in [0.2, 0.25) is 0 Å². The zero-order valence-electron chi connectivity index (χ0n) is 20.4. The van der Waals surface area contributed by atoms with Crippen molar-refractivity contribution in [3.05, 3.63) is 77.2 Å². The first kappa shape index (κ1) is 27.2. The maximum Gasteiger partial charge on any atom is 0.511 e. The van der Waals surface area contributed by atoms with Crippen LogP contribution in [0.25, 0.3) is 22.4 Å². The fraction of sp³-hybridized carbons (Fsp3) is 0.286. The minimum Gasteiger partial charge on any atom is -0.481 e. The Hall–Kier alpha value is -3.43. The third-order valence-corrected chi connectivity index (χ3v) is 6.60. The molecule has 2 unspecified atom stereocenters. The van der Waals surface area contributed by atoms with E-state index in [9.17, 15) is 18.9 Å². The monoisotopic (exact) mass is 508 g/mol. The summed E-state index contributed by atoms with van der Waals surface area (Å²) in [5.74, 6) is 4.51. The number of carbonyl (C=O) groups is 1. The summed E-state index contributed by atoms with van der Waals surface area (Å²) in [7, 11) is -2.27. The van der Waals surface area contributed by atoms with Crippen molar-refractivity contribution < 1.29 is 28.5 Å². The van der Waals surface area contributed by atoms with Gasteiger partial charge in [-0.25, -0.2) is 4.39 Å². The van der Waals surface area contributed by atoms with Gasteiger partial charge in [-0.3, -0.25) is 9.78 Å². The number of carboxylic acids is 1. The number of aliphatic carboxylic acids is 1. The lowest BCUT2D eigenvalue weighted by Gasteiger charge is -2.19. The van der Waals surface area contributed by atoms with Gasteiger partial charge in [-0.2, -0.15) is 0 Å². The molecule has 0 bridgehead atoms. The quantitative estimate of drug-likeness (QED) is 0.275. The smallest absolute Gasteiger partial charge is 0.481 e. The summed E-state index contributed by atoms with van der Waals surface area (Å²) in [5, 5.41) is 18.4. The van der Waals surface area contributed by atoms with Crippen molar-refractivity contribution in [2.75, 3.05) is 12.8 Å². The molecule has 36 heavy (non-hydrogen) atoms. The molecule has 0 saturated heterocycles. The molecule has 1 heterocycles. The summed E-state index contributed by atoms with van der Waals surface area (Å²) in [6.45, 7) is 5.82. The van der Waals surface area contributed by atoms with E-state index in [0.717, 1.165) is 33.6 Å². The first-order chi connectivity index (χ1) is 17.2. The molecule has 0 fully saturated rings. The summed E-state index contributed by atoms with van der Waals surface area (Å²) >= 11 is 0. The number of carboxylic acid groups (broad SMARTS) is 1. The van der Waals surface area contributed by atoms with E-state index in [-0.39, 0.29) is 24.5 Å². The van der Waals surface area contributed by atoms with Gasteiger partial charge in [-0.15, -0.1) is 4.52 Å². The molecule has 2 aromatic carbocycles. The summed E-state index contributed by atoms with van der Waals surface area (Å²) in [5.41, 5.74) is 5.75. The van der Waals surface area contributed by atoms with Crippen LogP contribution in [-0.4, -0.2) is 40.0 Å². The minimum absolute atomic E-state index is 0.0280. The van der Waals surface area contributed by atoms with Crippen LogP contribution in [-0.2, 0) is 13.9 Å². The molecule has 8 heteroatoms. The predicted molar refractivity (Wildman–Crippen MR) is 137 cm³/mol. The first-order valence-corrected chi connectivity index (χ1v) is 12.9. The molecule has 0 aliphatic rings. The molecule has 3 aromatic rings. The van der Waals surface area contributed by atoms with E-state index >= 15 is 0 Å². The van der Waals surface area contributed by atoms with Crippen LogP contribution in [0.1, 0.15) is 43.0 Å². The second kappa shape index (κ2) is 12.5. The Morgan fingerprint density at radius 1 is 1.11 bits per heavy atom. The normalized spacial score (nSPS) is 12.1. The SMILES string of the molecule is Cc1c(-c2ccccc2)nc(C(C)C)c(C#CCO[P+](=O)CC(O)CC(=O)O)c1-c1ccc(F)cc1. The van der Waals surface area contributed by atoms with Crippen molar-refractivity contribution in [3.63, 3.8) is 0 Å². The van der Waals surface area contributed by atoms with E-state index in [1.54, 1.807) is 12.1 Å². The molecule has 0 amide bonds. The average molecular weight is 509 g/mol. The fourth-order valence-corrected chi connectivity index (χ4v) is 4.60. The molecule has 1 aromatic heterocycles. The average Bonchev–Trinajstić information content (AvgIpc) is 2.82. The number of nitrogens with zero attached hydrogens (tertiary/aromatic N) is 1. The van der Waals surface area contributed by atoms with Crippen LogP contribution in [0, 0.1) is 24.6 Å². The molecule has 2 atom stereocenters. The molecule has 0 aliphatic heterocycles. The van der Waals surface area contributed by atoms with E-state index < -0.39 is 26.5 Å². The topological polar surface area (TPSA) is 96.7 Å². The molecule has 0 saturated carbocycles. The van der Waals surface area contributed by atoms with Crippen molar-refractivity contribution in [1.82, 2.24) is 4.98 Å². The van der Waals surface area contributed by atoms with Crippen LogP contribution < -0.4 is 0 Å². The fourth-order valence-electron chi connectivity index (χ4n) is 3.81. The molecule has 2 N–H and O–H groups in total. The molecule has 186 valence electrons.